The summed E-state index contributed by atoms with van der Waals surface area (Å²) in [6.45, 7) is 6.09. The zero-order chi connectivity index (χ0) is 14.5. The summed E-state index contributed by atoms with van der Waals surface area (Å²) in [6, 6.07) is -0.349. The molecule has 1 aliphatic heterocycles. The molecule has 2 fully saturated rings. The Hall–Kier alpha value is -1.10. The number of nitrogens with one attached hydrogen (secondary N) is 2. The molecule has 114 valence electrons. The molecule has 2 N–H and O–H groups in total. The van der Waals surface area contributed by atoms with Gasteiger partial charge < -0.3 is 5.32 Å². The zero-order valence-electron chi connectivity index (χ0n) is 12.7. The molecule has 5 nitrogen and oxygen atoms in total. The molecule has 20 heavy (non-hydrogen) atoms. The number of fused-ring (bicyclic) bond motifs is 1. The van der Waals surface area contributed by atoms with Crippen LogP contribution in [0.4, 0.5) is 4.79 Å². The highest BCUT2D eigenvalue weighted by molar-refractivity contribution is 5.95. The van der Waals surface area contributed by atoms with Gasteiger partial charge in [-0.2, -0.15) is 0 Å². The normalized spacial score (nSPS) is 26.9. The minimum atomic E-state index is -0.391. The third kappa shape index (κ3) is 4.47. The van der Waals surface area contributed by atoms with Crippen LogP contribution < -0.4 is 10.6 Å². The van der Waals surface area contributed by atoms with E-state index in [4.69, 9.17) is 0 Å². The summed E-state index contributed by atoms with van der Waals surface area (Å²) in [7, 11) is 0. The second-order valence-corrected chi connectivity index (χ2v) is 6.50. The van der Waals surface area contributed by atoms with Crippen LogP contribution >= 0.6 is 0 Å². The van der Waals surface area contributed by atoms with Gasteiger partial charge in [-0.15, -0.1) is 0 Å². The van der Waals surface area contributed by atoms with E-state index in [9.17, 15) is 9.59 Å². The fourth-order valence-corrected chi connectivity index (χ4v) is 3.49. The SMILES string of the molecule is CC(C)NC(=O)NC(=O)CN1CC[C@H]2CCCC[C@@H]2C1. The molecule has 5 heteroatoms. The molecule has 0 spiro atoms. The van der Waals surface area contributed by atoms with Crippen molar-refractivity contribution in [2.45, 2.75) is 52.0 Å². The van der Waals surface area contributed by atoms with Crippen molar-refractivity contribution >= 4 is 11.9 Å². The number of rotatable bonds is 3. The van der Waals surface area contributed by atoms with Gasteiger partial charge in [-0.25, -0.2) is 4.79 Å². The Morgan fingerprint density at radius 1 is 1.15 bits per heavy atom. The average Bonchev–Trinajstić information content (AvgIpc) is 2.37. The van der Waals surface area contributed by atoms with Crippen LogP contribution in [0.2, 0.25) is 0 Å². The van der Waals surface area contributed by atoms with E-state index < -0.39 is 6.03 Å². The van der Waals surface area contributed by atoms with Gasteiger partial charge in [-0.1, -0.05) is 19.3 Å². The number of hydrogen-bond acceptors (Lipinski definition) is 3. The third-order valence-corrected chi connectivity index (χ3v) is 4.42. The van der Waals surface area contributed by atoms with Crippen LogP contribution in [0.5, 0.6) is 0 Å². The van der Waals surface area contributed by atoms with E-state index in [1.807, 2.05) is 13.8 Å². The van der Waals surface area contributed by atoms with Crippen molar-refractivity contribution in [2.24, 2.45) is 11.8 Å². The van der Waals surface area contributed by atoms with Crippen molar-refractivity contribution in [3.05, 3.63) is 0 Å². The lowest BCUT2D eigenvalue weighted by molar-refractivity contribution is -0.121. The summed E-state index contributed by atoms with van der Waals surface area (Å²) >= 11 is 0. The molecule has 0 unspecified atom stereocenters. The van der Waals surface area contributed by atoms with Gasteiger partial charge in [-0.05, 0) is 45.1 Å². The minimum absolute atomic E-state index is 0.0424. The van der Waals surface area contributed by atoms with Gasteiger partial charge in [0.05, 0.1) is 6.54 Å². The molecule has 0 aromatic rings. The highest BCUT2D eigenvalue weighted by atomic mass is 16.2. The second kappa shape index (κ2) is 7.07. The topological polar surface area (TPSA) is 61.4 Å². The van der Waals surface area contributed by atoms with Crippen LogP contribution in [0.15, 0.2) is 0 Å². The molecular weight excluding hydrogens is 254 g/mol. The van der Waals surface area contributed by atoms with Gasteiger partial charge >= 0.3 is 6.03 Å². The molecule has 0 radical (unpaired) electrons. The van der Waals surface area contributed by atoms with Crippen LogP contribution in [-0.2, 0) is 4.79 Å². The average molecular weight is 281 g/mol. The monoisotopic (exact) mass is 281 g/mol. The second-order valence-electron chi connectivity index (χ2n) is 6.50. The number of nitrogens with zero attached hydrogens (tertiary/aromatic N) is 1. The van der Waals surface area contributed by atoms with Crippen molar-refractivity contribution in [2.75, 3.05) is 19.6 Å². The molecule has 0 aromatic heterocycles. The summed E-state index contributed by atoms with van der Waals surface area (Å²) in [5.74, 6) is 1.43. The lowest BCUT2D eigenvalue weighted by atomic mass is 9.75. The number of hydrogen-bond donors (Lipinski definition) is 2. The van der Waals surface area contributed by atoms with Gasteiger partial charge in [0.25, 0.3) is 0 Å². The van der Waals surface area contributed by atoms with Crippen molar-refractivity contribution in [1.82, 2.24) is 15.5 Å². The summed E-state index contributed by atoms with van der Waals surface area (Å²) in [5, 5.41) is 5.07. The number of piperidine rings is 1. The first-order valence-electron chi connectivity index (χ1n) is 7.87. The van der Waals surface area contributed by atoms with Gasteiger partial charge in [0.15, 0.2) is 0 Å². The maximum absolute atomic E-state index is 11.8. The highest BCUT2D eigenvalue weighted by Gasteiger charge is 2.31. The highest BCUT2D eigenvalue weighted by Crippen LogP contribution is 2.35. The maximum atomic E-state index is 11.8. The van der Waals surface area contributed by atoms with E-state index in [-0.39, 0.29) is 11.9 Å². The van der Waals surface area contributed by atoms with Crippen LogP contribution in [0.25, 0.3) is 0 Å². The smallest absolute Gasteiger partial charge is 0.321 e. The Morgan fingerprint density at radius 3 is 2.55 bits per heavy atom. The number of carbonyl (C=O) groups excluding carboxylic acids is 2. The molecule has 0 aromatic carbocycles. The van der Waals surface area contributed by atoms with E-state index in [1.54, 1.807) is 0 Å². The molecule has 2 rings (SSSR count). The molecule has 0 bridgehead atoms. The van der Waals surface area contributed by atoms with Crippen molar-refractivity contribution in [3.63, 3.8) is 0 Å². The van der Waals surface area contributed by atoms with Crippen molar-refractivity contribution in [1.29, 1.82) is 0 Å². The van der Waals surface area contributed by atoms with E-state index in [2.05, 4.69) is 15.5 Å². The van der Waals surface area contributed by atoms with E-state index in [1.165, 1.54) is 32.1 Å². The standard InChI is InChI=1S/C15H27N3O2/c1-11(2)16-15(20)17-14(19)10-18-8-7-12-5-3-4-6-13(12)9-18/h11-13H,3-10H2,1-2H3,(H2,16,17,19,20)/t12-,13-/m1/s1. The van der Waals surface area contributed by atoms with Gasteiger partial charge in [0.1, 0.15) is 0 Å². The van der Waals surface area contributed by atoms with Crippen LogP contribution in [0.1, 0.15) is 46.0 Å². The molecule has 1 saturated carbocycles. The Kier molecular flexibility index (Phi) is 5.40. The molecular formula is C15H27N3O2. The van der Waals surface area contributed by atoms with Crippen LogP contribution in [0, 0.1) is 11.8 Å². The van der Waals surface area contributed by atoms with E-state index in [0.29, 0.717) is 6.54 Å². The Labute approximate surface area is 121 Å². The van der Waals surface area contributed by atoms with Crippen LogP contribution in [0.3, 0.4) is 0 Å². The molecule has 1 saturated heterocycles. The molecule has 3 amide bonds. The third-order valence-electron chi connectivity index (χ3n) is 4.42. The molecule has 2 atom stereocenters. The first-order chi connectivity index (χ1) is 9.54. The predicted octanol–water partition coefficient (Wildman–Crippen LogP) is 1.73. The lowest BCUT2D eigenvalue weighted by Gasteiger charge is -2.41. The van der Waals surface area contributed by atoms with Gasteiger partial charge in [0.2, 0.25) is 5.91 Å². The number of likely N-dealkylation sites (tertiary alicyclic amines) is 1. The number of amides is 3. The first-order valence-corrected chi connectivity index (χ1v) is 7.87. The Morgan fingerprint density at radius 2 is 1.85 bits per heavy atom. The van der Waals surface area contributed by atoms with Gasteiger partial charge in [0, 0.05) is 12.6 Å². The largest absolute Gasteiger partial charge is 0.336 e. The molecule has 1 aliphatic carbocycles. The molecule has 2 aliphatic rings. The lowest BCUT2D eigenvalue weighted by Crippen LogP contribution is -2.49. The van der Waals surface area contributed by atoms with Gasteiger partial charge in [-0.3, -0.25) is 15.0 Å². The van der Waals surface area contributed by atoms with Crippen molar-refractivity contribution < 1.29 is 9.59 Å². The molecule has 1 heterocycles. The van der Waals surface area contributed by atoms with Crippen molar-refractivity contribution in [3.8, 4) is 0 Å². The summed E-state index contributed by atoms with van der Waals surface area (Å²) < 4.78 is 0. The predicted molar refractivity (Wildman–Crippen MR) is 78.3 cm³/mol. The van der Waals surface area contributed by atoms with E-state index >= 15 is 0 Å². The minimum Gasteiger partial charge on any atom is -0.336 e. The Balaban J connectivity index is 1.73. The summed E-state index contributed by atoms with van der Waals surface area (Å²) in [6.07, 6.45) is 6.57. The maximum Gasteiger partial charge on any atom is 0.321 e. The quantitative estimate of drug-likeness (QED) is 0.828. The summed E-state index contributed by atoms with van der Waals surface area (Å²) in [4.78, 5) is 25.5. The van der Waals surface area contributed by atoms with Crippen LogP contribution in [-0.4, -0.2) is 42.5 Å². The fraction of sp³-hybridized carbons (Fsp3) is 0.867. The number of urea groups is 1. The summed E-state index contributed by atoms with van der Waals surface area (Å²) in [5.41, 5.74) is 0. The zero-order valence-corrected chi connectivity index (χ0v) is 12.7. The van der Waals surface area contributed by atoms with E-state index in [0.717, 1.165) is 24.9 Å². The number of carbonyl (C=O) groups is 2. The number of imide groups is 1. The first kappa shape index (κ1) is 15.3. The Bertz CT molecular complexity index is 357. The fourth-order valence-electron chi connectivity index (χ4n) is 3.49.